The average molecular weight is 281 g/mol. The van der Waals surface area contributed by atoms with Crippen LogP contribution in [-0.2, 0) is 4.79 Å². The van der Waals surface area contributed by atoms with Crippen LogP contribution in [0.1, 0.15) is 13.8 Å². The van der Waals surface area contributed by atoms with Gasteiger partial charge in [-0.05, 0) is 50.3 Å². The predicted molar refractivity (Wildman–Crippen MR) is 80.5 cm³/mol. The van der Waals surface area contributed by atoms with Crippen LogP contribution in [0.25, 0.3) is 0 Å². The topological polar surface area (TPSA) is 62.4 Å². The first-order valence-corrected chi connectivity index (χ1v) is 6.40. The van der Waals surface area contributed by atoms with E-state index in [4.69, 9.17) is 17.0 Å². The molecule has 0 bridgehead atoms. The summed E-state index contributed by atoms with van der Waals surface area (Å²) in [7, 11) is 1.61. The van der Waals surface area contributed by atoms with Crippen LogP contribution < -0.4 is 20.7 Å². The van der Waals surface area contributed by atoms with Crippen molar-refractivity contribution >= 4 is 28.9 Å². The van der Waals surface area contributed by atoms with E-state index in [1.165, 1.54) is 0 Å². The van der Waals surface area contributed by atoms with Crippen LogP contribution >= 0.6 is 12.2 Å². The van der Waals surface area contributed by atoms with E-state index in [1.54, 1.807) is 7.11 Å². The van der Waals surface area contributed by atoms with E-state index < -0.39 is 0 Å². The molecule has 5 nitrogen and oxygen atoms in total. The number of rotatable bonds is 5. The molecule has 19 heavy (non-hydrogen) atoms. The fourth-order valence-corrected chi connectivity index (χ4v) is 1.57. The molecule has 0 spiro atoms. The van der Waals surface area contributed by atoms with Crippen LogP contribution in [0.15, 0.2) is 24.3 Å². The van der Waals surface area contributed by atoms with Crippen molar-refractivity contribution in [2.45, 2.75) is 19.9 Å². The third-order valence-corrected chi connectivity index (χ3v) is 2.45. The van der Waals surface area contributed by atoms with Crippen molar-refractivity contribution in [3.05, 3.63) is 24.3 Å². The van der Waals surface area contributed by atoms with Crippen LogP contribution in [0.2, 0.25) is 0 Å². The van der Waals surface area contributed by atoms with Gasteiger partial charge in [0.15, 0.2) is 5.11 Å². The van der Waals surface area contributed by atoms with Crippen molar-refractivity contribution in [1.82, 2.24) is 10.6 Å². The molecular formula is C13H19N3O2S. The third kappa shape index (κ3) is 6.05. The lowest BCUT2D eigenvalue weighted by Crippen LogP contribution is -2.41. The van der Waals surface area contributed by atoms with Crippen LogP contribution in [0.4, 0.5) is 5.69 Å². The van der Waals surface area contributed by atoms with Gasteiger partial charge in [0, 0.05) is 11.7 Å². The molecular weight excluding hydrogens is 262 g/mol. The molecule has 3 N–H and O–H groups in total. The van der Waals surface area contributed by atoms with E-state index in [0.29, 0.717) is 5.11 Å². The molecule has 1 amide bonds. The number of nitrogens with one attached hydrogen (secondary N) is 3. The Bertz CT molecular complexity index is 432. The van der Waals surface area contributed by atoms with Crippen molar-refractivity contribution in [3.8, 4) is 5.75 Å². The monoisotopic (exact) mass is 281 g/mol. The highest BCUT2D eigenvalue weighted by Crippen LogP contribution is 2.14. The quantitative estimate of drug-likeness (QED) is 0.714. The molecule has 0 atom stereocenters. The number of carbonyl (C=O) groups is 1. The van der Waals surface area contributed by atoms with Gasteiger partial charge in [0.25, 0.3) is 0 Å². The molecule has 0 saturated heterocycles. The van der Waals surface area contributed by atoms with Crippen molar-refractivity contribution in [3.63, 3.8) is 0 Å². The van der Waals surface area contributed by atoms with E-state index in [9.17, 15) is 4.79 Å². The minimum absolute atomic E-state index is 0.0890. The van der Waals surface area contributed by atoms with Gasteiger partial charge >= 0.3 is 0 Å². The maximum Gasteiger partial charge on any atom is 0.239 e. The van der Waals surface area contributed by atoms with E-state index in [2.05, 4.69) is 16.0 Å². The Balaban J connectivity index is 2.36. The molecule has 0 saturated carbocycles. The lowest BCUT2D eigenvalue weighted by molar-refractivity contribution is -0.120. The van der Waals surface area contributed by atoms with Gasteiger partial charge in [0.2, 0.25) is 5.91 Å². The second-order valence-corrected chi connectivity index (χ2v) is 4.67. The lowest BCUT2D eigenvalue weighted by atomic mass is 10.3. The minimum atomic E-state index is -0.0890. The Morgan fingerprint density at radius 3 is 2.47 bits per heavy atom. The first-order chi connectivity index (χ1) is 9.01. The van der Waals surface area contributed by atoms with Crippen molar-refractivity contribution < 1.29 is 9.53 Å². The van der Waals surface area contributed by atoms with E-state index >= 15 is 0 Å². The number of thiocarbonyl (C=S) groups is 1. The highest BCUT2D eigenvalue weighted by atomic mass is 32.1. The molecule has 0 aliphatic rings. The number of anilines is 1. The molecule has 0 heterocycles. The first kappa shape index (κ1) is 15.2. The molecule has 0 aromatic heterocycles. The molecule has 1 rings (SSSR count). The zero-order chi connectivity index (χ0) is 14.3. The standard InChI is InChI=1S/C13H19N3O2S/c1-9(2)15-12(17)8-14-13(19)16-10-4-6-11(18-3)7-5-10/h4-7,9H,8H2,1-3H3,(H,15,17)(H2,14,16,19). The zero-order valence-corrected chi connectivity index (χ0v) is 12.1. The number of hydrogen-bond acceptors (Lipinski definition) is 3. The summed E-state index contributed by atoms with van der Waals surface area (Å²) in [5, 5.41) is 9.01. The average Bonchev–Trinajstić information content (AvgIpc) is 2.36. The second-order valence-electron chi connectivity index (χ2n) is 4.26. The van der Waals surface area contributed by atoms with Crippen molar-refractivity contribution in [1.29, 1.82) is 0 Å². The Morgan fingerprint density at radius 2 is 1.95 bits per heavy atom. The molecule has 0 radical (unpaired) electrons. The number of carbonyl (C=O) groups excluding carboxylic acids is 1. The first-order valence-electron chi connectivity index (χ1n) is 5.99. The predicted octanol–water partition coefficient (Wildman–Crippen LogP) is 1.51. The van der Waals surface area contributed by atoms with Gasteiger partial charge in [-0.1, -0.05) is 0 Å². The van der Waals surface area contributed by atoms with E-state index in [0.717, 1.165) is 11.4 Å². The molecule has 6 heteroatoms. The van der Waals surface area contributed by atoms with Gasteiger partial charge < -0.3 is 20.7 Å². The number of amides is 1. The van der Waals surface area contributed by atoms with Crippen molar-refractivity contribution in [2.75, 3.05) is 19.0 Å². The summed E-state index contributed by atoms with van der Waals surface area (Å²) in [5.74, 6) is 0.689. The number of methoxy groups -OCH3 is 1. The number of ether oxygens (including phenoxy) is 1. The molecule has 1 aromatic rings. The molecule has 0 aliphatic heterocycles. The molecule has 1 aromatic carbocycles. The number of benzene rings is 1. The maximum absolute atomic E-state index is 11.4. The fraction of sp³-hybridized carbons (Fsp3) is 0.385. The molecule has 104 valence electrons. The SMILES string of the molecule is COc1ccc(NC(=S)NCC(=O)NC(C)C)cc1. The Labute approximate surface area is 118 Å². The minimum Gasteiger partial charge on any atom is -0.497 e. The highest BCUT2D eigenvalue weighted by molar-refractivity contribution is 7.80. The normalized spacial score (nSPS) is 9.89. The third-order valence-electron chi connectivity index (χ3n) is 2.21. The van der Waals surface area contributed by atoms with Crippen LogP contribution in [0.5, 0.6) is 5.75 Å². The highest BCUT2D eigenvalue weighted by Gasteiger charge is 2.04. The molecule has 0 fully saturated rings. The lowest BCUT2D eigenvalue weighted by Gasteiger charge is -2.12. The van der Waals surface area contributed by atoms with Crippen LogP contribution in [0, 0.1) is 0 Å². The summed E-state index contributed by atoms with van der Waals surface area (Å²) in [5.41, 5.74) is 0.836. The summed E-state index contributed by atoms with van der Waals surface area (Å²) in [6.07, 6.45) is 0. The molecule has 0 aliphatic carbocycles. The number of hydrogen-bond donors (Lipinski definition) is 3. The van der Waals surface area contributed by atoms with Crippen molar-refractivity contribution in [2.24, 2.45) is 0 Å². The van der Waals surface area contributed by atoms with Crippen LogP contribution in [0.3, 0.4) is 0 Å². The van der Waals surface area contributed by atoms with Gasteiger partial charge in [-0.2, -0.15) is 0 Å². The smallest absolute Gasteiger partial charge is 0.239 e. The Kier molecular flexibility index (Phi) is 6.08. The maximum atomic E-state index is 11.4. The second kappa shape index (κ2) is 7.58. The van der Waals surface area contributed by atoms with Gasteiger partial charge in [0.05, 0.1) is 13.7 Å². The van der Waals surface area contributed by atoms with Crippen LogP contribution in [-0.4, -0.2) is 30.7 Å². The largest absolute Gasteiger partial charge is 0.497 e. The van der Waals surface area contributed by atoms with Gasteiger partial charge in [-0.25, -0.2) is 0 Å². The Morgan fingerprint density at radius 1 is 1.32 bits per heavy atom. The summed E-state index contributed by atoms with van der Waals surface area (Å²) >= 11 is 5.10. The fourth-order valence-electron chi connectivity index (χ4n) is 1.38. The van der Waals surface area contributed by atoms with Gasteiger partial charge in [-0.3, -0.25) is 4.79 Å². The Hall–Kier alpha value is -1.82. The summed E-state index contributed by atoms with van der Waals surface area (Å²) < 4.78 is 5.06. The summed E-state index contributed by atoms with van der Waals surface area (Å²) in [6, 6.07) is 7.48. The van der Waals surface area contributed by atoms with Gasteiger partial charge in [-0.15, -0.1) is 0 Å². The van der Waals surface area contributed by atoms with E-state index in [-0.39, 0.29) is 18.5 Å². The summed E-state index contributed by atoms with van der Waals surface area (Å²) in [6.45, 7) is 3.97. The molecule has 0 unspecified atom stereocenters. The van der Waals surface area contributed by atoms with E-state index in [1.807, 2.05) is 38.1 Å². The van der Waals surface area contributed by atoms with Gasteiger partial charge in [0.1, 0.15) is 5.75 Å². The summed E-state index contributed by atoms with van der Waals surface area (Å²) in [4.78, 5) is 11.4. The zero-order valence-electron chi connectivity index (χ0n) is 11.3.